The van der Waals surface area contributed by atoms with E-state index < -0.39 is 5.54 Å². The number of hydrogen-bond acceptors (Lipinski definition) is 3. The number of nitrogens with one attached hydrogen (secondary N) is 1. The van der Waals surface area contributed by atoms with E-state index in [0.717, 1.165) is 5.69 Å². The van der Waals surface area contributed by atoms with Crippen molar-refractivity contribution in [2.45, 2.75) is 19.4 Å². The highest BCUT2D eigenvalue weighted by atomic mass is 15.0. The number of rotatable bonds is 2. The number of pyridine rings is 1. The van der Waals surface area contributed by atoms with Crippen molar-refractivity contribution in [1.82, 2.24) is 4.98 Å². The molecule has 0 spiro atoms. The van der Waals surface area contributed by atoms with Gasteiger partial charge in [-0.1, -0.05) is 5.92 Å². The fourth-order valence-electron chi connectivity index (χ4n) is 0.966. The normalized spacial score (nSPS) is 10.0. The maximum absolute atomic E-state index is 8.64. The highest BCUT2D eigenvalue weighted by Gasteiger charge is 2.12. The van der Waals surface area contributed by atoms with Crippen LogP contribution >= 0.6 is 0 Å². The summed E-state index contributed by atoms with van der Waals surface area (Å²) in [7, 11) is 0. The number of anilines is 1. The van der Waals surface area contributed by atoms with Crippen LogP contribution < -0.4 is 5.32 Å². The van der Waals surface area contributed by atoms with Crippen molar-refractivity contribution in [3.63, 3.8) is 0 Å². The molecule has 0 fully saturated rings. The Kier molecular flexibility index (Phi) is 2.74. The summed E-state index contributed by atoms with van der Waals surface area (Å²) >= 11 is 0. The standard InChI is InChI=1S/C11H11N3/c1-4-11(2,3)14-9-5-6-13-10(7-9)8-12/h1,5-7H,2-3H3,(H,13,14). The van der Waals surface area contributed by atoms with Crippen molar-refractivity contribution in [3.8, 4) is 18.4 Å². The summed E-state index contributed by atoms with van der Waals surface area (Å²) in [5, 5.41) is 11.8. The minimum atomic E-state index is -0.423. The highest BCUT2D eigenvalue weighted by Crippen LogP contribution is 2.14. The van der Waals surface area contributed by atoms with Crippen LogP contribution in [-0.2, 0) is 0 Å². The Hall–Kier alpha value is -2.00. The van der Waals surface area contributed by atoms with E-state index in [1.807, 2.05) is 19.9 Å². The molecule has 14 heavy (non-hydrogen) atoms. The van der Waals surface area contributed by atoms with Crippen LogP contribution in [0.4, 0.5) is 5.69 Å². The molecule has 1 heterocycles. The van der Waals surface area contributed by atoms with Gasteiger partial charge in [0, 0.05) is 11.9 Å². The summed E-state index contributed by atoms with van der Waals surface area (Å²) in [6.45, 7) is 3.78. The first-order valence-corrected chi connectivity index (χ1v) is 4.19. The third-order valence-corrected chi connectivity index (χ3v) is 1.69. The average Bonchev–Trinajstić information content (AvgIpc) is 2.17. The van der Waals surface area contributed by atoms with E-state index >= 15 is 0 Å². The summed E-state index contributed by atoms with van der Waals surface area (Å²) in [5.41, 5.74) is 0.760. The molecule has 0 unspecified atom stereocenters. The van der Waals surface area contributed by atoms with Gasteiger partial charge in [0.05, 0.1) is 5.54 Å². The van der Waals surface area contributed by atoms with Gasteiger partial charge < -0.3 is 5.32 Å². The monoisotopic (exact) mass is 185 g/mol. The number of hydrogen-bond donors (Lipinski definition) is 1. The van der Waals surface area contributed by atoms with Crippen molar-refractivity contribution >= 4 is 5.69 Å². The number of nitrogens with zero attached hydrogens (tertiary/aromatic N) is 2. The molecule has 1 N–H and O–H groups in total. The van der Waals surface area contributed by atoms with E-state index in [-0.39, 0.29) is 0 Å². The molecular weight excluding hydrogens is 174 g/mol. The van der Waals surface area contributed by atoms with E-state index in [4.69, 9.17) is 11.7 Å². The van der Waals surface area contributed by atoms with Crippen LogP contribution in [-0.4, -0.2) is 10.5 Å². The molecule has 1 aromatic rings. The number of aromatic nitrogens is 1. The zero-order valence-corrected chi connectivity index (χ0v) is 8.20. The second kappa shape index (κ2) is 3.81. The lowest BCUT2D eigenvalue weighted by Gasteiger charge is -2.20. The molecule has 0 amide bonds. The molecule has 0 saturated heterocycles. The van der Waals surface area contributed by atoms with Crippen LogP contribution in [0.3, 0.4) is 0 Å². The summed E-state index contributed by atoms with van der Waals surface area (Å²) < 4.78 is 0. The van der Waals surface area contributed by atoms with Gasteiger partial charge in [0.15, 0.2) is 0 Å². The summed E-state index contributed by atoms with van der Waals surface area (Å²) in [6, 6.07) is 5.41. The lowest BCUT2D eigenvalue weighted by molar-refractivity contribution is 0.741. The van der Waals surface area contributed by atoms with Crippen LogP contribution in [0.2, 0.25) is 0 Å². The van der Waals surface area contributed by atoms with Crippen LogP contribution in [0.5, 0.6) is 0 Å². The third kappa shape index (κ3) is 2.50. The topological polar surface area (TPSA) is 48.7 Å². The fraction of sp³-hybridized carbons (Fsp3) is 0.273. The van der Waals surface area contributed by atoms with E-state index in [2.05, 4.69) is 16.2 Å². The largest absolute Gasteiger partial charge is 0.369 e. The Morgan fingerprint density at radius 1 is 1.57 bits per heavy atom. The van der Waals surface area contributed by atoms with Gasteiger partial charge in [0.1, 0.15) is 11.8 Å². The van der Waals surface area contributed by atoms with Crippen molar-refractivity contribution in [2.24, 2.45) is 0 Å². The molecule has 1 rings (SSSR count). The van der Waals surface area contributed by atoms with Gasteiger partial charge in [-0.3, -0.25) is 0 Å². The first kappa shape index (κ1) is 10.1. The van der Waals surface area contributed by atoms with Crippen molar-refractivity contribution in [1.29, 1.82) is 5.26 Å². The molecule has 70 valence electrons. The lowest BCUT2D eigenvalue weighted by atomic mass is 10.1. The zero-order chi connectivity index (χ0) is 10.6. The van der Waals surface area contributed by atoms with Crippen LogP contribution in [0.15, 0.2) is 18.3 Å². The molecule has 3 nitrogen and oxygen atoms in total. The SMILES string of the molecule is C#CC(C)(C)Nc1ccnc(C#N)c1. The Morgan fingerprint density at radius 3 is 2.86 bits per heavy atom. The first-order valence-electron chi connectivity index (χ1n) is 4.19. The van der Waals surface area contributed by atoms with Crippen LogP contribution in [0.1, 0.15) is 19.5 Å². The minimum absolute atomic E-state index is 0.378. The Labute approximate surface area is 83.8 Å². The molecule has 0 aromatic carbocycles. The van der Waals surface area contributed by atoms with E-state index in [9.17, 15) is 0 Å². The Morgan fingerprint density at radius 2 is 2.29 bits per heavy atom. The molecule has 0 saturated carbocycles. The molecule has 0 radical (unpaired) electrons. The number of nitriles is 1. The highest BCUT2D eigenvalue weighted by molar-refractivity contribution is 5.49. The van der Waals surface area contributed by atoms with Gasteiger partial charge >= 0.3 is 0 Å². The van der Waals surface area contributed by atoms with Crippen molar-refractivity contribution < 1.29 is 0 Å². The third-order valence-electron chi connectivity index (χ3n) is 1.69. The predicted molar refractivity (Wildman–Crippen MR) is 55.5 cm³/mol. The minimum Gasteiger partial charge on any atom is -0.369 e. The molecule has 0 bridgehead atoms. The molecule has 0 aliphatic carbocycles. The maximum atomic E-state index is 8.64. The number of terminal acetylenes is 1. The van der Waals surface area contributed by atoms with Gasteiger partial charge in [-0.15, -0.1) is 6.42 Å². The molecule has 3 heteroatoms. The van der Waals surface area contributed by atoms with Gasteiger partial charge in [-0.05, 0) is 26.0 Å². The zero-order valence-electron chi connectivity index (χ0n) is 8.20. The molecule has 1 aromatic heterocycles. The first-order chi connectivity index (χ1) is 6.57. The fourth-order valence-corrected chi connectivity index (χ4v) is 0.966. The smallest absolute Gasteiger partial charge is 0.142 e. The molecular formula is C11H11N3. The lowest BCUT2D eigenvalue weighted by Crippen LogP contribution is -2.28. The van der Waals surface area contributed by atoms with E-state index in [1.165, 1.54) is 0 Å². The molecule has 0 aliphatic rings. The van der Waals surface area contributed by atoms with Crippen molar-refractivity contribution in [2.75, 3.05) is 5.32 Å². The molecule has 0 aliphatic heterocycles. The predicted octanol–water partition coefficient (Wildman–Crippen LogP) is 1.78. The second-order valence-electron chi connectivity index (χ2n) is 3.44. The Balaban J connectivity index is 2.90. The summed E-state index contributed by atoms with van der Waals surface area (Å²) in [4.78, 5) is 3.86. The maximum Gasteiger partial charge on any atom is 0.142 e. The van der Waals surface area contributed by atoms with E-state index in [0.29, 0.717) is 5.69 Å². The second-order valence-corrected chi connectivity index (χ2v) is 3.44. The van der Waals surface area contributed by atoms with Gasteiger partial charge in [0.2, 0.25) is 0 Å². The summed E-state index contributed by atoms with van der Waals surface area (Å²) in [5.74, 6) is 2.61. The van der Waals surface area contributed by atoms with Crippen molar-refractivity contribution in [3.05, 3.63) is 24.0 Å². The Bertz CT molecular complexity index is 407. The molecule has 0 atom stereocenters. The van der Waals surface area contributed by atoms with Gasteiger partial charge in [-0.25, -0.2) is 4.98 Å². The van der Waals surface area contributed by atoms with Crippen LogP contribution in [0.25, 0.3) is 0 Å². The van der Waals surface area contributed by atoms with Gasteiger partial charge in [0.25, 0.3) is 0 Å². The summed E-state index contributed by atoms with van der Waals surface area (Å²) in [6.07, 6.45) is 6.91. The quantitative estimate of drug-likeness (QED) is 0.714. The van der Waals surface area contributed by atoms with Crippen LogP contribution in [0, 0.1) is 23.7 Å². The average molecular weight is 185 g/mol. The van der Waals surface area contributed by atoms with Gasteiger partial charge in [-0.2, -0.15) is 5.26 Å². The van der Waals surface area contributed by atoms with E-state index in [1.54, 1.807) is 18.3 Å².